The molecule has 2 amide bonds. The molecule has 1 aromatic heterocycles. The van der Waals surface area contributed by atoms with Gasteiger partial charge >= 0.3 is 6.09 Å². The van der Waals surface area contributed by atoms with E-state index in [1.807, 2.05) is 0 Å². The van der Waals surface area contributed by atoms with Gasteiger partial charge in [-0.15, -0.1) is 0 Å². The van der Waals surface area contributed by atoms with Gasteiger partial charge < -0.3 is 10.4 Å². The van der Waals surface area contributed by atoms with Crippen LogP contribution >= 0.6 is 11.6 Å². The molecular formula is C17H15ClFN3O3. The van der Waals surface area contributed by atoms with Crippen molar-refractivity contribution < 1.29 is 19.1 Å². The first kappa shape index (κ1) is 17.2. The Morgan fingerprint density at radius 3 is 2.56 bits per heavy atom. The molecule has 0 unspecified atom stereocenters. The lowest BCUT2D eigenvalue weighted by Crippen LogP contribution is -2.60. The standard InChI is InChI=1S/C17H15ClFN3O3/c18-15-6-5-12(8-20-15)21-16(23)11-3-1-10(2-4-11)7-14-13(19)9-22(14)17(24)25/h1-6,8,13-14H,7,9H2,(H,21,23)(H,24,25)/t13-,14-/m0/s1. The number of benzene rings is 1. The van der Waals surface area contributed by atoms with Gasteiger partial charge in [-0.1, -0.05) is 23.7 Å². The van der Waals surface area contributed by atoms with Crippen LogP contribution in [0.1, 0.15) is 15.9 Å². The van der Waals surface area contributed by atoms with Gasteiger partial charge in [-0.05, 0) is 36.2 Å². The number of carbonyl (C=O) groups excluding carboxylic acids is 1. The number of hydrogen-bond donors (Lipinski definition) is 2. The molecule has 1 fully saturated rings. The van der Waals surface area contributed by atoms with Crippen LogP contribution in [0.2, 0.25) is 5.15 Å². The lowest BCUT2D eigenvalue weighted by atomic mass is 9.93. The fraction of sp³-hybridized carbons (Fsp3) is 0.235. The number of halogens is 2. The van der Waals surface area contributed by atoms with Crippen molar-refractivity contribution in [2.75, 3.05) is 11.9 Å². The van der Waals surface area contributed by atoms with E-state index in [1.54, 1.807) is 36.4 Å². The molecule has 25 heavy (non-hydrogen) atoms. The SMILES string of the molecule is O=C(Nc1ccc(Cl)nc1)c1ccc(C[C@H]2[C@@H](F)CN2C(=O)O)cc1. The number of amides is 2. The quantitative estimate of drug-likeness (QED) is 0.817. The number of anilines is 1. The molecule has 8 heteroatoms. The first-order valence-electron chi connectivity index (χ1n) is 7.59. The van der Waals surface area contributed by atoms with Crippen LogP contribution in [0.4, 0.5) is 14.9 Å². The highest BCUT2D eigenvalue weighted by Gasteiger charge is 2.42. The minimum Gasteiger partial charge on any atom is -0.465 e. The van der Waals surface area contributed by atoms with Gasteiger partial charge in [0.05, 0.1) is 24.5 Å². The van der Waals surface area contributed by atoms with Crippen molar-refractivity contribution in [1.29, 1.82) is 0 Å². The number of likely N-dealkylation sites (tertiary alicyclic amines) is 1. The molecule has 3 rings (SSSR count). The summed E-state index contributed by atoms with van der Waals surface area (Å²) in [5.41, 5.74) is 1.72. The Balaban J connectivity index is 1.62. The van der Waals surface area contributed by atoms with E-state index in [2.05, 4.69) is 10.3 Å². The van der Waals surface area contributed by atoms with Crippen LogP contribution in [0.3, 0.4) is 0 Å². The van der Waals surface area contributed by atoms with E-state index in [0.29, 0.717) is 16.4 Å². The molecule has 2 heterocycles. The molecule has 2 atom stereocenters. The number of carboxylic acid groups (broad SMARTS) is 1. The molecule has 0 aliphatic carbocycles. The lowest BCUT2D eigenvalue weighted by molar-refractivity contribution is 0.00242. The number of rotatable bonds is 4. The van der Waals surface area contributed by atoms with Crippen molar-refractivity contribution in [2.45, 2.75) is 18.6 Å². The third kappa shape index (κ3) is 3.88. The number of nitrogens with zero attached hydrogens (tertiary/aromatic N) is 2. The molecule has 1 aromatic carbocycles. The summed E-state index contributed by atoms with van der Waals surface area (Å²) in [7, 11) is 0. The number of nitrogens with one attached hydrogen (secondary N) is 1. The zero-order valence-corrected chi connectivity index (χ0v) is 13.8. The van der Waals surface area contributed by atoms with E-state index in [4.69, 9.17) is 16.7 Å². The van der Waals surface area contributed by atoms with E-state index >= 15 is 0 Å². The molecule has 2 N–H and O–H groups in total. The monoisotopic (exact) mass is 363 g/mol. The summed E-state index contributed by atoms with van der Waals surface area (Å²) >= 11 is 5.69. The normalized spacial score (nSPS) is 19.2. The van der Waals surface area contributed by atoms with Crippen molar-refractivity contribution in [1.82, 2.24) is 9.88 Å². The van der Waals surface area contributed by atoms with Crippen molar-refractivity contribution in [3.8, 4) is 0 Å². The van der Waals surface area contributed by atoms with E-state index in [0.717, 1.165) is 10.5 Å². The van der Waals surface area contributed by atoms with Gasteiger partial charge in [0.2, 0.25) is 0 Å². The van der Waals surface area contributed by atoms with Gasteiger partial charge in [-0.2, -0.15) is 0 Å². The van der Waals surface area contributed by atoms with Gasteiger partial charge in [0.15, 0.2) is 0 Å². The van der Waals surface area contributed by atoms with Gasteiger partial charge in [0.25, 0.3) is 5.91 Å². The molecule has 1 saturated heterocycles. The number of aromatic nitrogens is 1. The second kappa shape index (κ2) is 7.06. The maximum Gasteiger partial charge on any atom is 0.407 e. The molecule has 0 saturated carbocycles. The summed E-state index contributed by atoms with van der Waals surface area (Å²) in [6, 6.07) is 9.16. The second-order valence-electron chi connectivity index (χ2n) is 5.74. The zero-order valence-electron chi connectivity index (χ0n) is 13.0. The third-order valence-electron chi connectivity index (χ3n) is 4.08. The summed E-state index contributed by atoms with van der Waals surface area (Å²) in [6.07, 6.45) is -0.549. The molecule has 0 bridgehead atoms. The number of carbonyl (C=O) groups is 2. The first-order valence-corrected chi connectivity index (χ1v) is 7.97. The van der Waals surface area contributed by atoms with Crippen LogP contribution in [-0.2, 0) is 6.42 Å². The van der Waals surface area contributed by atoms with Gasteiger partial charge in [0, 0.05) is 5.56 Å². The van der Waals surface area contributed by atoms with Gasteiger partial charge in [0.1, 0.15) is 11.3 Å². The largest absolute Gasteiger partial charge is 0.465 e. The average Bonchev–Trinajstić information content (AvgIpc) is 2.59. The summed E-state index contributed by atoms with van der Waals surface area (Å²) < 4.78 is 13.6. The maximum absolute atomic E-state index is 13.6. The molecule has 0 radical (unpaired) electrons. The zero-order chi connectivity index (χ0) is 18.0. The van der Waals surface area contributed by atoms with Crippen molar-refractivity contribution >= 4 is 29.3 Å². The fourth-order valence-corrected chi connectivity index (χ4v) is 2.76. The molecule has 130 valence electrons. The summed E-state index contributed by atoms with van der Waals surface area (Å²) in [4.78, 5) is 28.1. The Labute approximate surface area is 148 Å². The fourth-order valence-electron chi connectivity index (χ4n) is 2.65. The van der Waals surface area contributed by atoms with Crippen LogP contribution in [0.5, 0.6) is 0 Å². The summed E-state index contributed by atoms with van der Waals surface area (Å²) in [5.74, 6) is -0.310. The maximum atomic E-state index is 13.6. The Bertz CT molecular complexity index is 783. The van der Waals surface area contributed by atoms with E-state index in [1.165, 1.54) is 6.20 Å². The molecule has 1 aliphatic rings. The Morgan fingerprint density at radius 2 is 2.00 bits per heavy atom. The minimum absolute atomic E-state index is 0.0877. The van der Waals surface area contributed by atoms with Crippen LogP contribution < -0.4 is 5.32 Å². The highest BCUT2D eigenvalue weighted by Crippen LogP contribution is 2.25. The Hall–Kier alpha value is -2.67. The highest BCUT2D eigenvalue weighted by molar-refractivity contribution is 6.29. The van der Waals surface area contributed by atoms with Gasteiger partial charge in [-0.3, -0.25) is 9.69 Å². The van der Waals surface area contributed by atoms with Gasteiger partial charge in [-0.25, -0.2) is 14.2 Å². The van der Waals surface area contributed by atoms with Crippen LogP contribution in [0.25, 0.3) is 0 Å². The second-order valence-corrected chi connectivity index (χ2v) is 6.13. The lowest BCUT2D eigenvalue weighted by Gasteiger charge is -2.42. The molecule has 0 spiro atoms. The van der Waals surface area contributed by atoms with Crippen LogP contribution in [-0.4, -0.2) is 45.7 Å². The molecule has 2 aromatic rings. The predicted molar refractivity (Wildman–Crippen MR) is 90.8 cm³/mol. The minimum atomic E-state index is -1.16. The van der Waals surface area contributed by atoms with E-state index < -0.39 is 18.3 Å². The number of pyridine rings is 1. The van der Waals surface area contributed by atoms with Crippen molar-refractivity contribution in [3.05, 3.63) is 58.9 Å². The van der Waals surface area contributed by atoms with E-state index in [-0.39, 0.29) is 18.9 Å². The molecule has 6 nitrogen and oxygen atoms in total. The smallest absolute Gasteiger partial charge is 0.407 e. The van der Waals surface area contributed by atoms with Crippen LogP contribution in [0, 0.1) is 0 Å². The first-order chi connectivity index (χ1) is 11.9. The van der Waals surface area contributed by atoms with E-state index in [9.17, 15) is 14.0 Å². The number of hydrogen-bond acceptors (Lipinski definition) is 3. The third-order valence-corrected chi connectivity index (χ3v) is 4.30. The predicted octanol–water partition coefficient (Wildman–Crippen LogP) is 3.23. The van der Waals surface area contributed by atoms with Crippen molar-refractivity contribution in [3.63, 3.8) is 0 Å². The Morgan fingerprint density at radius 1 is 1.28 bits per heavy atom. The molecular weight excluding hydrogens is 349 g/mol. The topological polar surface area (TPSA) is 82.5 Å². The highest BCUT2D eigenvalue weighted by atomic mass is 35.5. The summed E-state index contributed by atoms with van der Waals surface area (Å²) in [6.45, 7) is -0.0877. The molecule has 1 aliphatic heterocycles. The van der Waals surface area contributed by atoms with Crippen molar-refractivity contribution in [2.24, 2.45) is 0 Å². The van der Waals surface area contributed by atoms with Crippen LogP contribution in [0.15, 0.2) is 42.6 Å². The summed E-state index contributed by atoms with van der Waals surface area (Å²) in [5, 5.41) is 12.0. The Kier molecular flexibility index (Phi) is 4.85. The number of alkyl halides is 1. The average molecular weight is 364 g/mol.